The van der Waals surface area contributed by atoms with Crippen molar-refractivity contribution in [2.45, 2.75) is 26.3 Å². The Morgan fingerprint density at radius 3 is 2.63 bits per heavy atom. The van der Waals surface area contributed by atoms with E-state index in [0.717, 1.165) is 34.2 Å². The molecular weight excluding hydrogens is 258 g/mol. The van der Waals surface area contributed by atoms with E-state index in [1.807, 2.05) is 37.4 Å². The van der Waals surface area contributed by atoms with Crippen LogP contribution in [-0.4, -0.2) is 11.6 Å². The molecule has 1 atom stereocenters. The van der Waals surface area contributed by atoms with Crippen LogP contribution in [0, 0.1) is 6.92 Å². The third kappa shape index (κ3) is 3.53. The van der Waals surface area contributed by atoms with Gasteiger partial charge in [-0.15, -0.1) is 11.3 Å². The highest BCUT2D eigenvalue weighted by Crippen LogP contribution is 2.27. The van der Waals surface area contributed by atoms with Crippen molar-refractivity contribution in [1.29, 1.82) is 0 Å². The van der Waals surface area contributed by atoms with Crippen LogP contribution in [0.1, 0.15) is 34.8 Å². The summed E-state index contributed by atoms with van der Waals surface area (Å²) in [7, 11) is 0. The molecule has 1 aromatic heterocycles. The van der Waals surface area contributed by atoms with E-state index in [1.165, 1.54) is 0 Å². The van der Waals surface area contributed by atoms with Gasteiger partial charge in [0.25, 0.3) is 0 Å². The number of nitrogens with two attached hydrogens (primary N) is 1. The van der Waals surface area contributed by atoms with Crippen molar-refractivity contribution in [3.05, 3.63) is 45.9 Å². The van der Waals surface area contributed by atoms with Crippen LogP contribution < -0.4 is 16.0 Å². The molecule has 4 nitrogen and oxygen atoms in total. The Kier molecular flexibility index (Phi) is 4.90. The molecule has 2 rings (SSSR count). The smallest absolute Gasteiger partial charge is 0.119 e. The standard InChI is InChI=1S/C14H19N3OS/c1-3-8-18-12-6-4-11(5-7-12)14(17-15)13-9-16-10(2)19-13/h4-7,9,14,17H,3,8,15H2,1-2H3. The number of aryl methyl sites for hydroxylation is 1. The summed E-state index contributed by atoms with van der Waals surface area (Å²) in [5, 5.41) is 1.04. The minimum absolute atomic E-state index is 0.0218. The van der Waals surface area contributed by atoms with Gasteiger partial charge in [-0.05, 0) is 31.0 Å². The lowest BCUT2D eigenvalue weighted by molar-refractivity contribution is 0.317. The molecule has 1 unspecified atom stereocenters. The number of thiazole rings is 1. The summed E-state index contributed by atoms with van der Waals surface area (Å²) in [5.74, 6) is 6.55. The van der Waals surface area contributed by atoms with E-state index in [0.29, 0.717) is 0 Å². The first-order valence-electron chi connectivity index (χ1n) is 6.35. The van der Waals surface area contributed by atoms with Crippen LogP contribution in [0.3, 0.4) is 0 Å². The Morgan fingerprint density at radius 1 is 1.37 bits per heavy atom. The Morgan fingerprint density at radius 2 is 2.11 bits per heavy atom. The molecule has 0 aliphatic carbocycles. The van der Waals surface area contributed by atoms with E-state index in [-0.39, 0.29) is 6.04 Å². The molecule has 0 aliphatic rings. The van der Waals surface area contributed by atoms with E-state index in [1.54, 1.807) is 11.3 Å². The summed E-state index contributed by atoms with van der Waals surface area (Å²) < 4.78 is 5.57. The molecule has 0 aliphatic heterocycles. The topological polar surface area (TPSA) is 60.2 Å². The number of ether oxygens (including phenoxy) is 1. The molecule has 19 heavy (non-hydrogen) atoms. The highest BCUT2D eigenvalue weighted by molar-refractivity contribution is 7.11. The summed E-state index contributed by atoms with van der Waals surface area (Å²) in [4.78, 5) is 5.38. The molecule has 0 spiro atoms. The maximum Gasteiger partial charge on any atom is 0.119 e. The van der Waals surface area contributed by atoms with E-state index >= 15 is 0 Å². The van der Waals surface area contributed by atoms with Gasteiger partial charge in [-0.25, -0.2) is 10.4 Å². The molecule has 0 amide bonds. The Labute approximate surface area is 117 Å². The maximum atomic E-state index is 5.66. The third-order valence-electron chi connectivity index (χ3n) is 2.78. The Balaban J connectivity index is 2.15. The second-order valence-corrected chi connectivity index (χ2v) is 5.57. The van der Waals surface area contributed by atoms with Crippen molar-refractivity contribution >= 4 is 11.3 Å². The van der Waals surface area contributed by atoms with Crippen molar-refractivity contribution in [1.82, 2.24) is 10.4 Å². The molecule has 0 bridgehead atoms. The predicted molar refractivity (Wildman–Crippen MR) is 78.2 cm³/mol. The van der Waals surface area contributed by atoms with E-state index in [9.17, 15) is 0 Å². The summed E-state index contributed by atoms with van der Waals surface area (Å²) in [6.07, 6.45) is 2.88. The average Bonchev–Trinajstić information content (AvgIpc) is 2.85. The lowest BCUT2D eigenvalue weighted by Gasteiger charge is -2.14. The zero-order valence-corrected chi connectivity index (χ0v) is 12.0. The first-order valence-corrected chi connectivity index (χ1v) is 7.17. The number of hydrogen-bond donors (Lipinski definition) is 2. The lowest BCUT2D eigenvalue weighted by atomic mass is 10.1. The van der Waals surface area contributed by atoms with Crippen molar-refractivity contribution < 1.29 is 4.74 Å². The van der Waals surface area contributed by atoms with Crippen LogP contribution >= 0.6 is 11.3 Å². The van der Waals surface area contributed by atoms with Gasteiger partial charge >= 0.3 is 0 Å². The molecule has 0 radical (unpaired) electrons. The van der Waals surface area contributed by atoms with Gasteiger partial charge in [-0.3, -0.25) is 5.84 Å². The van der Waals surface area contributed by atoms with Crippen LogP contribution in [0.2, 0.25) is 0 Å². The number of benzene rings is 1. The molecule has 1 aromatic carbocycles. The van der Waals surface area contributed by atoms with Crippen LogP contribution in [-0.2, 0) is 0 Å². The molecule has 102 valence electrons. The summed E-state index contributed by atoms with van der Waals surface area (Å²) in [6.45, 7) is 4.82. The first-order chi connectivity index (χ1) is 9.24. The average molecular weight is 277 g/mol. The molecule has 3 N–H and O–H groups in total. The number of rotatable bonds is 6. The van der Waals surface area contributed by atoms with Crippen molar-refractivity contribution in [3.63, 3.8) is 0 Å². The van der Waals surface area contributed by atoms with Crippen LogP contribution in [0.4, 0.5) is 0 Å². The van der Waals surface area contributed by atoms with Crippen LogP contribution in [0.5, 0.6) is 5.75 Å². The van der Waals surface area contributed by atoms with Gasteiger partial charge in [0.05, 0.1) is 17.7 Å². The van der Waals surface area contributed by atoms with Crippen molar-refractivity contribution in [2.24, 2.45) is 5.84 Å². The van der Waals surface area contributed by atoms with Crippen LogP contribution in [0.15, 0.2) is 30.5 Å². The number of nitrogens with one attached hydrogen (secondary N) is 1. The predicted octanol–water partition coefficient (Wildman–Crippen LogP) is 2.79. The molecule has 0 fully saturated rings. The SMILES string of the molecule is CCCOc1ccc(C(NN)c2cnc(C)s2)cc1. The number of hydrazine groups is 1. The fourth-order valence-corrected chi connectivity index (χ4v) is 2.70. The summed E-state index contributed by atoms with van der Waals surface area (Å²) in [5.41, 5.74) is 3.95. The van der Waals surface area contributed by atoms with Gasteiger partial charge in [0.1, 0.15) is 5.75 Å². The van der Waals surface area contributed by atoms with Gasteiger partial charge in [0.15, 0.2) is 0 Å². The van der Waals surface area contributed by atoms with Gasteiger partial charge in [0, 0.05) is 11.1 Å². The first kappa shape index (κ1) is 14.0. The molecule has 1 heterocycles. The highest BCUT2D eigenvalue weighted by Gasteiger charge is 2.14. The minimum Gasteiger partial charge on any atom is -0.494 e. The zero-order valence-electron chi connectivity index (χ0n) is 11.2. The fraction of sp³-hybridized carbons (Fsp3) is 0.357. The monoisotopic (exact) mass is 277 g/mol. The highest BCUT2D eigenvalue weighted by atomic mass is 32.1. The van der Waals surface area contributed by atoms with E-state index in [4.69, 9.17) is 10.6 Å². The second kappa shape index (κ2) is 6.65. The van der Waals surface area contributed by atoms with Gasteiger partial charge in [-0.2, -0.15) is 0 Å². The Bertz CT molecular complexity index is 510. The van der Waals surface area contributed by atoms with Crippen molar-refractivity contribution in [3.8, 4) is 5.75 Å². The van der Waals surface area contributed by atoms with E-state index < -0.39 is 0 Å². The largest absolute Gasteiger partial charge is 0.494 e. The number of nitrogens with zero attached hydrogens (tertiary/aromatic N) is 1. The number of hydrogen-bond acceptors (Lipinski definition) is 5. The quantitative estimate of drug-likeness (QED) is 0.629. The third-order valence-corrected chi connectivity index (χ3v) is 3.75. The maximum absolute atomic E-state index is 5.66. The summed E-state index contributed by atoms with van der Waals surface area (Å²) >= 11 is 1.65. The fourth-order valence-electron chi connectivity index (χ4n) is 1.83. The second-order valence-electron chi connectivity index (χ2n) is 4.30. The summed E-state index contributed by atoms with van der Waals surface area (Å²) in [6, 6.07) is 7.99. The van der Waals surface area contributed by atoms with Gasteiger partial charge < -0.3 is 4.74 Å². The number of aromatic nitrogens is 1. The lowest BCUT2D eigenvalue weighted by Crippen LogP contribution is -2.28. The minimum atomic E-state index is -0.0218. The molecule has 5 heteroatoms. The Hall–Kier alpha value is -1.43. The van der Waals surface area contributed by atoms with Crippen molar-refractivity contribution in [2.75, 3.05) is 6.61 Å². The zero-order chi connectivity index (χ0) is 13.7. The molecular formula is C14H19N3OS. The molecule has 2 aromatic rings. The van der Waals surface area contributed by atoms with Gasteiger partial charge in [0.2, 0.25) is 0 Å². The van der Waals surface area contributed by atoms with Gasteiger partial charge in [-0.1, -0.05) is 19.1 Å². The normalized spacial score (nSPS) is 12.4. The molecule has 0 saturated carbocycles. The van der Waals surface area contributed by atoms with E-state index in [2.05, 4.69) is 17.3 Å². The van der Waals surface area contributed by atoms with Crippen LogP contribution in [0.25, 0.3) is 0 Å². The molecule has 0 saturated heterocycles.